The van der Waals surface area contributed by atoms with Crippen molar-refractivity contribution in [2.75, 3.05) is 19.5 Å². The predicted molar refractivity (Wildman–Crippen MR) is 154 cm³/mol. The van der Waals surface area contributed by atoms with E-state index in [0.29, 0.717) is 44.9 Å². The van der Waals surface area contributed by atoms with Crippen LogP contribution in [0.5, 0.6) is 11.5 Å². The standard InChI is InChI=1S/C29H25N3O5S2/c1-4-22(26(33)32-29-31-21(16-38-29)17-13-14-23(35-2)24(15-17)36-3)37-28(34)19-10-6-5-9-18(19)27-30-20-11-7-8-12-25(20)39-27/h5-16,22H,4H2,1-3H3,(H,31,32,33). The zero-order chi connectivity index (χ0) is 27.4. The Morgan fingerprint density at radius 1 is 0.949 bits per heavy atom. The van der Waals surface area contributed by atoms with Crippen LogP contribution in [0.15, 0.2) is 72.1 Å². The van der Waals surface area contributed by atoms with Crippen LogP contribution in [0.3, 0.4) is 0 Å². The van der Waals surface area contributed by atoms with E-state index in [-0.39, 0.29) is 0 Å². The van der Waals surface area contributed by atoms with E-state index in [0.717, 1.165) is 15.8 Å². The van der Waals surface area contributed by atoms with E-state index in [9.17, 15) is 9.59 Å². The predicted octanol–water partition coefficient (Wildman–Crippen LogP) is 6.68. The highest BCUT2D eigenvalue weighted by atomic mass is 32.1. The van der Waals surface area contributed by atoms with Crippen molar-refractivity contribution in [3.8, 4) is 33.3 Å². The van der Waals surface area contributed by atoms with Gasteiger partial charge < -0.3 is 14.2 Å². The van der Waals surface area contributed by atoms with Crippen LogP contribution in [-0.4, -0.2) is 42.2 Å². The Morgan fingerprint density at radius 2 is 1.72 bits per heavy atom. The second kappa shape index (κ2) is 11.6. The Morgan fingerprint density at radius 3 is 2.49 bits per heavy atom. The van der Waals surface area contributed by atoms with Gasteiger partial charge in [0.15, 0.2) is 22.7 Å². The maximum atomic E-state index is 13.2. The molecule has 1 atom stereocenters. The normalized spacial score (nSPS) is 11.7. The van der Waals surface area contributed by atoms with Crippen molar-refractivity contribution >= 4 is 49.9 Å². The van der Waals surface area contributed by atoms with Gasteiger partial charge in [-0.05, 0) is 42.8 Å². The van der Waals surface area contributed by atoms with Crippen LogP contribution in [0, 0.1) is 0 Å². The van der Waals surface area contributed by atoms with Crippen molar-refractivity contribution in [1.82, 2.24) is 9.97 Å². The van der Waals surface area contributed by atoms with Gasteiger partial charge in [0.1, 0.15) is 5.01 Å². The minimum absolute atomic E-state index is 0.300. The number of nitrogens with zero attached hydrogens (tertiary/aromatic N) is 2. The van der Waals surface area contributed by atoms with Gasteiger partial charge >= 0.3 is 5.97 Å². The van der Waals surface area contributed by atoms with Gasteiger partial charge in [0.25, 0.3) is 5.91 Å². The SMILES string of the molecule is CCC(OC(=O)c1ccccc1-c1nc2ccccc2s1)C(=O)Nc1nc(-c2ccc(OC)c(OC)c2)cs1. The molecule has 0 bridgehead atoms. The number of fused-ring (bicyclic) bond motifs is 1. The van der Waals surface area contributed by atoms with Gasteiger partial charge in [-0.15, -0.1) is 22.7 Å². The number of hydrogen-bond donors (Lipinski definition) is 1. The maximum absolute atomic E-state index is 13.2. The summed E-state index contributed by atoms with van der Waals surface area (Å²) >= 11 is 2.78. The van der Waals surface area contributed by atoms with Gasteiger partial charge in [-0.1, -0.05) is 37.3 Å². The number of hydrogen-bond acceptors (Lipinski definition) is 9. The van der Waals surface area contributed by atoms with Crippen molar-refractivity contribution < 1.29 is 23.8 Å². The second-order valence-electron chi connectivity index (χ2n) is 8.43. The molecule has 39 heavy (non-hydrogen) atoms. The van der Waals surface area contributed by atoms with Gasteiger partial charge in [0.2, 0.25) is 0 Å². The number of esters is 1. The van der Waals surface area contributed by atoms with Crippen molar-refractivity contribution in [2.24, 2.45) is 0 Å². The van der Waals surface area contributed by atoms with Crippen LogP contribution < -0.4 is 14.8 Å². The first-order valence-corrected chi connectivity index (χ1v) is 13.8. The number of anilines is 1. The number of ether oxygens (including phenoxy) is 3. The molecule has 2 heterocycles. The summed E-state index contributed by atoms with van der Waals surface area (Å²) in [5.41, 5.74) is 3.37. The fourth-order valence-electron chi connectivity index (χ4n) is 4.00. The number of methoxy groups -OCH3 is 2. The van der Waals surface area contributed by atoms with E-state index < -0.39 is 18.0 Å². The largest absolute Gasteiger partial charge is 0.493 e. The molecule has 0 saturated heterocycles. The Hall–Kier alpha value is -4.28. The molecule has 8 nitrogen and oxygen atoms in total. The number of aromatic nitrogens is 2. The topological polar surface area (TPSA) is 99.6 Å². The summed E-state index contributed by atoms with van der Waals surface area (Å²) in [5.74, 6) is 0.161. The summed E-state index contributed by atoms with van der Waals surface area (Å²) in [6, 6.07) is 20.4. The van der Waals surface area contributed by atoms with Crippen LogP contribution >= 0.6 is 22.7 Å². The van der Waals surface area contributed by atoms with Gasteiger partial charge in [-0.3, -0.25) is 10.1 Å². The summed E-state index contributed by atoms with van der Waals surface area (Å²) in [6.45, 7) is 1.79. The van der Waals surface area contributed by atoms with Crippen LogP contribution in [-0.2, 0) is 9.53 Å². The third-order valence-electron chi connectivity index (χ3n) is 6.00. The number of carbonyl (C=O) groups excluding carboxylic acids is 2. The van der Waals surface area contributed by atoms with Crippen molar-refractivity contribution in [2.45, 2.75) is 19.4 Å². The molecular formula is C29H25N3O5S2. The lowest BCUT2D eigenvalue weighted by Crippen LogP contribution is -2.32. The van der Waals surface area contributed by atoms with Crippen molar-refractivity contribution in [3.63, 3.8) is 0 Å². The summed E-state index contributed by atoms with van der Waals surface area (Å²) in [7, 11) is 3.14. The van der Waals surface area contributed by atoms with E-state index in [2.05, 4.69) is 15.3 Å². The van der Waals surface area contributed by atoms with E-state index in [1.54, 1.807) is 39.3 Å². The fourth-order valence-corrected chi connectivity index (χ4v) is 5.72. The molecule has 1 unspecified atom stereocenters. The Bertz CT molecular complexity index is 1610. The molecule has 5 rings (SSSR count). The highest BCUT2D eigenvalue weighted by Gasteiger charge is 2.25. The van der Waals surface area contributed by atoms with E-state index >= 15 is 0 Å². The molecule has 198 valence electrons. The van der Waals surface area contributed by atoms with Gasteiger partial charge in [-0.25, -0.2) is 14.8 Å². The molecule has 3 aromatic carbocycles. The molecule has 0 fully saturated rings. The molecule has 0 saturated carbocycles. The number of nitrogens with one attached hydrogen (secondary N) is 1. The number of benzene rings is 3. The first kappa shape index (κ1) is 26.3. The van der Waals surface area contributed by atoms with E-state index in [1.807, 2.05) is 53.9 Å². The van der Waals surface area contributed by atoms with Crippen molar-refractivity contribution in [1.29, 1.82) is 0 Å². The first-order valence-electron chi connectivity index (χ1n) is 12.2. The zero-order valence-corrected chi connectivity index (χ0v) is 23.1. The quantitative estimate of drug-likeness (QED) is 0.201. The maximum Gasteiger partial charge on any atom is 0.339 e. The van der Waals surface area contributed by atoms with Crippen LogP contribution in [0.4, 0.5) is 5.13 Å². The molecule has 0 aliphatic carbocycles. The second-order valence-corrected chi connectivity index (χ2v) is 10.3. The summed E-state index contributed by atoms with van der Waals surface area (Å²) in [5, 5.41) is 5.72. The summed E-state index contributed by atoms with van der Waals surface area (Å²) < 4.78 is 17.4. The van der Waals surface area contributed by atoms with Crippen LogP contribution in [0.25, 0.3) is 32.0 Å². The molecular weight excluding hydrogens is 534 g/mol. The average molecular weight is 560 g/mol. The Balaban J connectivity index is 1.30. The number of para-hydroxylation sites is 1. The summed E-state index contributed by atoms with van der Waals surface area (Å²) in [6.07, 6.45) is -0.691. The lowest BCUT2D eigenvalue weighted by Gasteiger charge is -2.16. The molecule has 1 amide bonds. The molecule has 5 aromatic rings. The first-order chi connectivity index (χ1) is 19.0. The minimum Gasteiger partial charge on any atom is -0.493 e. The molecule has 10 heteroatoms. The molecule has 0 radical (unpaired) electrons. The van der Waals surface area contributed by atoms with Gasteiger partial charge in [0.05, 0.1) is 35.7 Å². The average Bonchev–Trinajstić information content (AvgIpc) is 3.62. The number of amides is 1. The van der Waals surface area contributed by atoms with Crippen molar-refractivity contribution in [3.05, 3.63) is 77.7 Å². The highest BCUT2D eigenvalue weighted by Crippen LogP contribution is 2.34. The third kappa shape index (κ3) is 5.62. The van der Waals surface area contributed by atoms with E-state index in [4.69, 9.17) is 14.2 Å². The lowest BCUT2D eigenvalue weighted by molar-refractivity contribution is -0.124. The number of carbonyl (C=O) groups is 2. The lowest BCUT2D eigenvalue weighted by atomic mass is 10.1. The molecule has 0 spiro atoms. The highest BCUT2D eigenvalue weighted by molar-refractivity contribution is 7.21. The number of rotatable bonds is 9. The molecule has 0 aliphatic rings. The molecule has 0 aliphatic heterocycles. The number of thiazole rings is 2. The van der Waals surface area contributed by atoms with Gasteiger partial charge in [-0.2, -0.15) is 0 Å². The molecule has 1 N–H and O–H groups in total. The van der Waals surface area contributed by atoms with Crippen LogP contribution in [0.1, 0.15) is 23.7 Å². The van der Waals surface area contributed by atoms with Crippen LogP contribution in [0.2, 0.25) is 0 Å². The minimum atomic E-state index is -0.991. The monoisotopic (exact) mass is 559 g/mol. The smallest absolute Gasteiger partial charge is 0.339 e. The zero-order valence-electron chi connectivity index (χ0n) is 21.5. The Kier molecular flexibility index (Phi) is 7.85. The molecule has 2 aromatic heterocycles. The Labute approximate surface area is 233 Å². The summed E-state index contributed by atoms with van der Waals surface area (Å²) in [4.78, 5) is 35.5. The third-order valence-corrected chi connectivity index (χ3v) is 7.82. The van der Waals surface area contributed by atoms with E-state index in [1.165, 1.54) is 22.7 Å². The fraction of sp³-hybridized carbons (Fsp3) is 0.172. The van der Waals surface area contributed by atoms with Gasteiger partial charge in [0, 0.05) is 16.5 Å².